The Bertz CT molecular complexity index is 267. The fourth-order valence-corrected chi connectivity index (χ4v) is 1.17. The van der Waals surface area contributed by atoms with Crippen molar-refractivity contribution in [3.8, 4) is 0 Å². The molecule has 0 saturated heterocycles. The second-order valence-electron chi connectivity index (χ2n) is 3.10. The Labute approximate surface area is 73.5 Å². The van der Waals surface area contributed by atoms with E-state index in [0.717, 1.165) is 18.4 Å². The van der Waals surface area contributed by atoms with Gasteiger partial charge in [-0.15, -0.1) is 0 Å². The topological polar surface area (TPSA) is 17.1 Å². The van der Waals surface area contributed by atoms with E-state index < -0.39 is 0 Å². The molecule has 0 aliphatic heterocycles. The zero-order valence-corrected chi connectivity index (χ0v) is 7.63. The Morgan fingerprint density at radius 3 is 2.83 bits per heavy atom. The summed E-state index contributed by atoms with van der Waals surface area (Å²) in [7, 11) is 0. The number of allylic oxidation sites excluding steroid dienone is 6. The number of rotatable bonds is 1. The molecule has 1 heteroatoms. The first-order chi connectivity index (χ1) is 5.70. The molecule has 0 saturated carbocycles. The Hall–Kier alpha value is -1.11. The summed E-state index contributed by atoms with van der Waals surface area (Å²) in [5, 5.41) is 0. The minimum atomic E-state index is 0.189. The summed E-state index contributed by atoms with van der Waals surface area (Å²) in [5.41, 5.74) is 2.13. The highest BCUT2D eigenvalue weighted by molar-refractivity contribution is 5.93. The molecule has 0 N–H and O–H groups in total. The summed E-state index contributed by atoms with van der Waals surface area (Å²) < 4.78 is 0. The summed E-state index contributed by atoms with van der Waals surface area (Å²) >= 11 is 0. The standard InChI is InChI=1S/C11H14O/c1-9-5-3-4-6-11(8-7-9)10(2)12/h3,5,7-8H,4,6H2,1-2H3. The van der Waals surface area contributed by atoms with Gasteiger partial charge in [-0.3, -0.25) is 4.79 Å². The first-order valence-electron chi connectivity index (χ1n) is 4.25. The molecule has 64 valence electrons. The van der Waals surface area contributed by atoms with Gasteiger partial charge < -0.3 is 0 Å². The molecule has 0 atom stereocenters. The van der Waals surface area contributed by atoms with Gasteiger partial charge in [-0.25, -0.2) is 0 Å². The van der Waals surface area contributed by atoms with Crippen molar-refractivity contribution in [1.29, 1.82) is 0 Å². The minimum absolute atomic E-state index is 0.189. The van der Waals surface area contributed by atoms with E-state index in [4.69, 9.17) is 0 Å². The predicted octanol–water partition coefficient (Wildman–Crippen LogP) is 2.80. The van der Waals surface area contributed by atoms with Crippen molar-refractivity contribution in [3.63, 3.8) is 0 Å². The van der Waals surface area contributed by atoms with Gasteiger partial charge in [0.05, 0.1) is 0 Å². The van der Waals surface area contributed by atoms with Crippen LogP contribution in [0.4, 0.5) is 0 Å². The average Bonchev–Trinajstić information content (AvgIpc) is 1.97. The molecule has 0 aromatic carbocycles. The molecular weight excluding hydrogens is 148 g/mol. The first-order valence-corrected chi connectivity index (χ1v) is 4.25. The van der Waals surface area contributed by atoms with Gasteiger partial charge in [-0.05, 0) is 32.3 Å². The molecular formula is C11H14O. The third kappa shape index (κ3) is 2.50. The van der Waals surface area contributed by atoms with Crippen LogP contribution in [0.15, 0.2) is 35.5 Å². The van der Waals surface area contributed by atoms with Crippen LogP contribution in [0.3, 0.4) is 0 Å². The third-order valence-corrected chi connectivity index (χ3v) is 1.96. The second-order valence-corrected chi connectivity index (χ2v) is 3.10. The van der Waals surface area contributed by atoms with Gasteiger partial charge in [-0.2, -0.15) is 0 Å². The number of carbonyl (C=O) groups is 1. The minimum Gasteiger partial charge on any atom is -0.295 e. The lowest BCUT2D eigenvalue weighted by atomic mass is 10.0. The maximum atomic E-state index is 11.0. The fraction of sp³-hybridized carbons (Fsp3) is 0.364. The molecule has 1 rings (SSSR count). The molecule has 0 unspecified atom stereocenters. The van der Waals surface area contributed by atoms with Crippen LogP contribution in [0.5, 0.6) is 0 Å². The van der Waals surface area contributed by atoms with Crippen molar-refractivity contribution in [2.45, 2.75) is 26.7 Å². The van der Waals surface area contributed by atoms with Crippen LogP contribution in [0.2, 0.25) is 0 Å². The van der Waals surface area contributed by atoms with E-state index in [1.165, 1.54) is 5.57 Å². The Morgan fingerprint density at radius 2 is 2.17 bits per heavy atom. The lowest BCUT2D eigenvalue weighted by molar-refractivity contribution is -0.113. The number of Topliss-reactive ketones (excluding diaryl/α,β-unsaturated/α-hetero) is 1. The average molecular weight is 162 g/mol. The molecule has 12 heavy (non-hydrogen) atoms. The van der Waals surface area contributed by atoms with Crippen LogP contribution < -0.4 is 0 Å². The van der Waals surface area contributed by atoms with E-state index in [0.29, 0.717) is 0 Å². The highest BCUT2D eigenvalue weighted by Gasteiger charge is 2.02. The van der Waals surface area contributed by atoms with Crippen LogP contribution in [0.25, 0.3) is 0 Å². The molecule has 0 radical (unpaired) electrons. The molecule has 0 spiro atoms. The summed E-state index contributed by atoms with van der Waals surface area (Å²) in [5.74, 6) is 0.189. The van der Waals surface area contributed by atoms with E-state index in [2.05, 4.69) is 12.2 Å². The quantitative estimate of drug-likeness (QED) is 0.579. The molecule has 0 aromatic rings. The van der Waals surface area contributed by atoms with Crippen molar-refractivity contribution < 1.29 is 4.79 Å². The van der Waals surface area contributed by atoms with E-state index >= 15 is 0 Å². The largest absolute Gasteiger partial charge is 0.295 e. The van der Waals surface area contributed by atoms with E-state index in [1.807, 2.05) is 19.1 Å². The van der Waals surface area contributed by atoms with Crippen LogP contribution >= 0.6 is 0 Å². The maximum absolute atomic E-state index is 11.0. The molecule has 1 aliphatic carbocycles. The first kappa shape index (κ1) is 8.98. The number of hydrogen-bond acceptors (Lipinski definition) is 1. The lowest BCUT2D eigenvalue weighted by Gasteiger charge is -2.02. The lowest BCUT2D eigenvalue weighted by Crippen LogP contribution is -1.96. The van der Waals surface area contributed by atoms with Crippen molar-refractivity contribution >= 4 is 5.78 Å². The molecule has 0 heterocycles. The fourth-order valence-electron chi connectivity index (χ4n) is 1.17. The molecule has 1 nitrogen and oxygen atoms in total. The van der Waals surface area contributed by atoms with Gasteiger partial charge in [0.25, 0.3) is 0 Å². The molecule has 0 amide bonds. The van der Waals surface area contributed by atoms with E-state index in [-0.39, 0.29) is 5.78 Å². The number of hydrogen-bond donors (Lipinski definition) is 0. The zero-order valence-electron chi connectivity index (χ0n) is 7.63. The maximum Gasteiger partial charge on any atom is 0.155 e. The SMILES string of the molecule is CC(=O)C1=CC=C(C)C=CCC1. The third-order valence-electron chi connectivity index (χ3n) is 1.96. The summed E-state index contributed by atoms with van der Waals surface area (Å²) in [4.78, 5) is 11.0. The smallest absolute Gasteiger partial charge is 0.155 e. The summed E-state index contributed by atoms with van der Waals surface area (Å²) in [6, 6.07) is 0. The summed E-state index contributed by atoms with van der Waals surface area (Å²) in [6.07, 6.45) is 9.97. The van der Waals surface area contributed by atoms with Crippen molar-refractivity contribution in [1.82, 2.24) is 0 Å². The number of carbonyl (C=O) groups excluding carboxylic acids is 1. The van der Waals surface area contributed by atoms with Gasteiger partial charge in [0.15, 0.2) is 5.78 Å². The van der Waals surface area contributed by atoms with Gasteiger partial charge in [0.2, 0.25) is 0 Å². The highest BCUT2D eigenvalue weighted by atomic mass is 16.1. The van der Waals surface area contributed by atoms with Crippen LogP contribution in [0.1, 0.15) is 26.7 Å². The van der Waals surface area contributed by atoms with Gasteiger partial charge >= 0.3 is 0 Å². The van der Waals surface area contributed by atoms with Gasteiger partial charge in [0.1, 0.15) is 0 Å². The zero-order chi connectivity index (χ0) is 8.97. The Kier molecular flexibility index (Phi) is 3.03. The molecule has 0 bridgehead atoms. The predicted molar refractivity (Wildman–Crippen MR) is 50.9 cm³/mol. The van der Waals surface area contributed by atoms with Crippen molar-refractivity contribution in [3.05, 3.63) is 35.5 Å². The second kappa shape index (κ2) is 4.05. The van der Waals surface area contributed by atoms with Crippen LogP contribution in [0, 0.1) is 0 Å². The van der Waals surface area contributed by atoms with Crippen molar-refractivity contribution in [2.75, 3.05) is 0 Å². The molecule has 0 aromatic heterocycles. The van der Waals surface area contributed by atoms with Crippen LogP contribution in [-0.4, -0.2) is 5.78 Å². The normalized spacial score (nSPS) is 17.5. The van der Waals surface area contributed by atoms with Gasteiger partial charge in [0, 0.05) is 0 Å². The number of ketones is 1. The molecule has 1 aliphatic rings. The summed E-state index contributed by atoms with van der Waals surface area (Å²) in [6.45, 7) is 3.66. The monoisotopic (exact) mass is 162 g/mol. The molecule has 0 fully saturated rings. The Balaban J connectivity index is 2.85. The van der Waals surface area contributed by atoms with Crippen LogP contribution in [-0.2, 0) is 4.79 Å². The Morgan fingerprint density at radius 1 is 1.42 bits per heavy atom. The van der Waals surface area contributed by atoms with Crippen molar-refractivity contribution in [2.24, 2.45) is 0 Å². The van der Waals surface area contributed by atoms with E-state index in [1.54, 1.807) is 6.92 Å². The van der Waals surface area contributed by atoms with Gasteiger partial charge in [-0.1, -0.05) is 29.9 Å². The van der Waals surface area contributed by atoms with E-state index in [9.17, 15) is 4.79 Å². The highest BCUT2D eigenvalue weighted by Crippen LogP contribution is 2.12.